The zero-order valence-corrected chi connectivity index (χ0v) is 15.2. The molecule has 0 aromatic heterocycles. The first-order valence-corrected chi connectivity index (χ1v) is 8.76. The Bertz CT molecular complexity index is 820. The molecule has 1 aliphatic heterocycles. The largest absolute Gasteiger partial charge is 0.461 e. The number of benzene rings is 2. The first-order chi connectivity index (χ1) is 12.1. The number of ether oxygens (including phenoxy) is 1. The molecule has 2 aromatic rings. The molecule has 0 saturated carbocycles. The van der Waals surface area contributed by atoms with Crippen LogP contribution in [-0.2, 0) is 9.53 Å². The zero-order chi connectivity index (χ0) is 17.8. The van der Waals surface area contributed by atoms with Crippen LogP contribution in [0, 0.1) is 0 Å². The summed E-state index contributed by atoms with van der Waals surface area (Å²) in [5.41, 5.74) is 4.44. The lowest BCUT2D eigenvalue weighted by molar-refractivity contribution is -0.135. The van der Waals surface area contributed by atoms with E-state index >= 15 is 0 Å². The Morgan fingerprint density at radius 2 is 1.92 bits per heavy atom. The smallest absolute Gasteiger partial charge is 0.355 e. The minimum atomic E-state index is -0.656. The van der Waals surface area contributed by atoms with Crippen LogP contribution >= 0.6 is 15.9 Å². The van der Waals surface area contributed by atoms with Crippen molar-refractivity contribution >= 4 is 33.4 Å². The lowest BCUT2D eigenvalue weighted by Gasteiger charge is -2.20. The Morgan fingerprint density at radius 1 is 1.16 bits per heavy atom. The van der Waals surface area contributed by atoms with Crippen LogP contribution in [0.2, 0.25) is 0 Å². The fourth-order valence-corrected chi connectivity index (χ4v) is 3.28. The van der Waals surface area contributed by atoms with Gasteiger partial charge in [0.05, 0.1) is 12.5 Å². The van der Waals surface area contributed by atoms with Crippen molar-refractivity contribution in [2.75, 3.05) is 6.61 Å². The van der Waals surface area contributed by atoms with E-state index < -0.39 is 17.9 Å². The summed E-state index contributed by atoms with van der Waals surface area (Å²) in [6.07, 6.45) is 0. The molecule has 0 saturated heterocycles. The van der Waals surface area contributed by atoms with Gasteiger partial charge in [-0.15, -0.1) is 0 Å². The van der Waals surface area contributed by atoms with Crippen LogP contribution in [0.4, 0.5) is 0 Å². The summed E-state index contributed by atoms with van der Waals surface area (Å²) in [6.45, 7) is 1.99. The molecule has 3 rings (SSSR count). The number of esters is 1. The van der Waals surface area contributed by atoms with Gasteiger partial charge in [-0.25, -0.2) is 4.79 Å². The van der Waals surface area contributed by atoms with E-state index in [4.69, 9.17) is 4.74 Å². The van der Waals surface area contributed by atoms with Crippen molar-refractivity contribution in [2.45, 2.75) is 18.9 Å². The highest BCUT2D eigenvalue weighted by Gasteiger charge is 2.41. The highest BCUT2D eigenvalue weighted by molar-refractivity contribution is 9.10. The van der Waals surface area contributed by atoms with E-state index in [1.54, 1.807) is 19.1 Å². The third-order valence-electron chi connectivity index (χ3n) is 3.99. The number of halogens is 1. The molecule has 0 aliphatic carbocycles. The summed E-state index contributed by atoms with van der Waals surface area (Å²) in [5, 5.41) is 4.13. The Balaban J connectivity index is 1.98. The highest BCUT2D eigenvalue weighted by Crippen LogP contribution is 2.30. The predicted molar refractivity (Wildman–Crippen MR) is 98.6 cm³/mol. The summed E-state index contributed by atoms with van der Waals surface area (Å²) in [7, 11) is 0. The Kier molecular flexibility index (Phi) is 5.28. The topological polar surface area (TPSA) is 67.8 Å². The first-order valence-electron chi connectivity index (χ1n) is 7.96. The molecule has 5 nitrogen and oxygen atoms in total. The van der Waals surface area contributed by atoms with Crippen molar-refractivity contribution in [3.05, 3.63) is 70.2 Å². The molecule has 0 radical (unpaired) electrons. The summed E-state index contributed by atoms with van der Waals surface area (Å²) in [5.74, 6) is -1.14. The monoisotopic (exact) mass is 400 g/mol. The van der Waals surface area contributed by atoms with E-state index in [1.807, 2.05) is 42.5 Å². The van der Waals surface area contributed by atoms with E-state index in [-0.39, 0.29) is 18.1 Å². The molecule has 128 valence electrons. The lowest BCUT2D eigenvalue weighted by atomic mass is 9.84. The van der Waals surface area contributed by atoms with Gasteiger partial charge in [0, 0.05) is 10.0 Å². The predicted octanol–water partition coefficient (Wildman–Crippen LogP) is 3.31. The highest BCUT2D eigenvalue weighted by atomic mass is 79.9. The third kappa shape index (κ3) is 3.64. The van der Waals surface area contributed by atoms with Crippen LogP contribution in [0.3, 0.4) is 0 Å². The molecule has 1 aliphatic rings. The van der Waals surface area contributed by atoms with Gasteiger partial charge in [0.15, 0.2) is 11.5 Å². The number of Topliss-reactive ketones (excluding diaryl/α,β-unsaturated/α-hetero) is 1. The molecule has 6 heteroatoms. The fourth-order valence-electron chi connectivity index (χ4n) is 2.86. The molecule has 0 spiro atoms. The molecule has 2 aromatic carbocycles. The van der Waals surface area contributed by atoms with Crippen LogP contribution in [0.5, 0.6) is 0 Å². The number of nitrogens with zero attached hydrogens (tertiary/aromatic N) is 1. The number of rotatable bonds is 5. The maximum absolute atomic E-state index is 12.9. The van der Waals surface area contributed by atoms with Crippen LogP contribution in [0.1, 0.15) is 28.8 Å². The second-order valence-corrected chi connectivity index (χ2v) is 6.50. The molecule has 25 heavy (non-hydrogen) atoms. The van der Waals surface area contributed by atoms with Gasteiger partial charge < -0.3 is 4.74 Å². The van der Waals surface area contributed by atoms with Crippen molar-refractivity contribution < 1.29 is 14.3 Å². The average molecular weight is 401 g/mol. The van der Waals surface area contributed by atoms with Gasteiger partial charge in [-0.2, -0.15) is 5.10 Å². The van der Waals surface area contributed by atoms with Gasteiger partial charge >= 0.3 is 5.97 Å². The SMILES string of the molecule is CCOC(=O)C1=NN[C@H](C(=O)c2ccccc2)[C@H]1c1cccc(Br)c1. The number of ketones is 1. The molecule has 0 bridgehead atoms. The Morgan fingerprint density at radius 3 is 2.60 bits per heavy atom. The van der Waals surface area contributed by atoms with Crippen LogP contribution < -0.4 is 5.43 Å². The normalized spacial score (nSPS) is 19.0. The molecule has 2 atom stereocenters. The maximum Gasteiger partial charge on any atom is 0.355 e. The van der Waals surface area contributed by atoms with Gasteiger partial charge in [-0.1, -0.05) is 58.4 Å². The molecular formula is C19H17BrN2O3. The molecule has 0 fully saturated rings. The van der Waals surface area contributed by atoms with Crippen LogP contribution in [0.25, 0.3) is 0 Å². The summed E-state index contributed by atoms with van der Waals surface area (Å²) >= 11 is 3.44. The molecule has 0 amide bonds. The van der Waals surface area contributed by atoms with Crippen molar-refractivity contribution in [1.82, 2.24) is 5.43 Å². The maximum atomic E-state index is 12.9. The molecule has 1 N–H and O–H groups in total. The number of carbonyl (C=O) groups excluding carboxylic acids is 2. The standard InChI is InChI=1S/C19H17BrN2O3/c1-2-25-19(24)17-15(13-9-6-10-14(20)11-13)16(21-22-17)18(23)12-7-4-3-5-8-12/h3-11,15-16,21H,2H2,1H3/t15-,16+/m1/s1. The van der Waals surface area contributed by atoms with Gasteiger partial charge in [0.1, 0.15) is 6.04 Å². The Labute approximate surface area is 154 Å². The average Bonchev–Trinajstić information content (AvgIpc) is 3.07. The van der Waals surface area contributed by atoms with Gasteiger partial charge in [-0.3, -0.25) is 10.2 Å². The minimum Gasteiger partial charge on any atom is -0.461 e. The van der Waals surface area contributed by atoms with Crippen molar-refractivity contribution in [1.29, 1.82) is 0 Å². The number of hydrogen-bond acceptors (Lipinski definition) is 5. The lowest BCUT2D eigenvalue weighted by Crippen LogP contribution is -2.37. The quantitative estimate of drug-likeness (QED) is 0.617. The second-order valence-electron chi connectivity index (χ2n) is 5.59. The molecular weight excluding hydrogens is 384 g/mol. The van der Waals surface area contributed by atoms with E-state index in [1.165, 1.54) is 0 Å². The van der Waals surface area contributed by atoms with E-state index in [2.05, 4.69) is 26.5 Å². The third-order valence-corrected chi connectivity index (χ3v) is 4.48. The van der Waals surface area contributed by atoms with Crippen molar-refractivity contribution in [3.63, 3.8) is 0 Å². The minimum absolute atomic E-state index is 0.117. The molecule has 0 unspecified atom stereocenters. The fraction of sp³-hybridized carbons (Fsp3) is 0.211. The van der Waals surface area contributed by atoms with Gasteiger partial charge in [-0.05, 0) is 24.6 Å². The number of carbonyl (C=O) groups is 2. The van der Waals surface area contributed by atoms with Crippen molar-refractivity contribution in [3.8, 4) is 0 Å². The first kappa shape index (κ1) is 17.4. The number of nitrogens with one attached hydrogen (secondary N) is 1. The van der Waals surface area contributed by atoms with Crippen molar-refractivity contribution in [2.24, 2.45) is 5.10 Å². The van der Waals surface area contributed by atoms with E-state index in [9.17, 15) is 9.59 Å². The second kappa shape index (κ2) is 7.61. The summed E-state index contributed by atoms with van der Waals surface area (Å²) < 4.78 is 5.98. The van der Waals surface area contributed by atoms with Gasteiger partial charge in [0.2, 0.25) is 0 Å². The van der Waals surface area contributed by atoms with Gasteiger partial charge in [0.25, 0.3) is 0 Å². The van der Waals surface area contributed by atoms with Crippen LogP contribution in [-0.4, -0.2) is 30.1 Å². The molecule has 1 heterocycles. The van der Waals surface area contributed by atoms with E-state index in [0.717, 1.165) is 10.0 Å². The van der Waals surface area contributed by atoms with E-state index in [0.29, 0.717) is 5.56 Å². The number of hydrazone groups is 1. The Hall–Kier alpha value is -2.47. The number of hydrogen-bond donors (Lipinski definition) is 1. The zero-order valence-electron chi connectivity index (χ0n) is 13.6. The summed E-state index contributed by atoms with van der Waals surface area (Å²) in [6, 6.07) is 15.8. The van der Waals surface area contributed by atoms with Crippen LogP contribution in [0.15, 0.2) is 64.2 Å². The summed E-state index contributed by atoms with van der Waals surface area (Å²) in [4.78, 5) is 25.2.